The highest BCUT2D eigenvalue weighted by Gasteiger charge is 2.29. The molecule has 0 bridgehead atoms. The van der Waals surface area contributed by atoms with Crippen LogP contribution in [0.3, 0.4) is 0 Å². The average Bonchev–Trinajstić information content (AvgIpc) is 3.05. The molecule has 0 unspecified atom stereocenters. The Bertz CT molecular complexity index is 267. The normalized spacial score (nSPS) is 16.0. The van der Waals surface area contributed by atoms with Gasteiger partial charge in [-0.2, -0.15) is 0 Å². The quantitative estimate of drug-likeness (QED) is 0.592. The third-order valence-corrected chi connectivity index (χ3v) is 2.69. The predicted molar refractivity (Wildman–Crippen MR) is 68.8 cm³/mol. The van der Waals surface area contributed by atoms with E-state index in [4.69, 9.17) is 5.73 Å². The van der Waals surface area contributed by atoms with Crippen LogP contribution in [0.4, 0.5) is 0 Å². The molecule has 6 heteroatoms. The molecule has 0 aromatic rings. The SMILES string of the molecule is CC(C)[C@H](N)C(=O)NCCNC(=O)C1CC1.Cl. The van der Waals surface area contributed by atoms with E-state index in [0.29, 0.717) is 13.1 Å². The van der Waals surface area contributed by atoms with Gasteiger partial charge in [0.15, 0.2) is 0 Å². The molecule has 0 aromatic carbocycles. The van der Waals surface area contributed by atoms with Crippen LogP contribution in [0.1, 0.15) is 26.7 Å². The van der Waals surface area contributed by atoms with Crippen LogP contribution in [0.5, 0.6) is 0 Å². The van der Waals surface area contributed by atoms with Crippen LogP contribution in [-0.2, 0) is 9.59 Å². The standard InChI is InChI=1S/C11H21N3O2.ClH/c1-7(2)9(12)11(16)14-6-5-13-10(15)8-3-4-8;/h7-9H,3-6,12H2,1-2H3,(H,13,15)(H,14,16);1H/t9-;/m0./s1. The van der Waals surface area contributed by atoms with E-state index in [0.717, 1.165) is 12.8 Å². The van der Waals surface area contributed by atoms with Gasteiger partial charge in [0, 0.05) is 19.0 Å². The van der Waals surface area contributed by atoms with E-state index in [1.807, 2.05) is 13.8 Å². The number of carbonyl (C=O) groups excluding carboxylic acids is 2. The van der Waals surface area contributed by atoms with Crippen molar-refractivity contribution in [2.75, 3.05) is 13.1 Å². The molecule has 100 valence electrons. The zero-order chi connectivity index (χ0) is 12.1. The van der Waals surface area contributed by atoms with E-state index in [1.165, 1.54) is 0 Å². The predicted octanol–water partition coefficient (Wildman–Crippen LogP) is 0.0339. The molecule has 0 heterocycles. The van der Waals surface area contributed by atoms with E-state index in [2.05, 4.69) is 10.6 Å². The van der Waals surface area contributed by atoms with Crippen molar-refractivity contribution in [3.05, 3.63) is 0 Å². The summed E-state index contributed by atoms with van der Waals surface area (Å²) < 4.78 is 0. The van der Waals surface area contributed by atoms with Gasteiger partial charge >= 0.3 is 0 Å². The first-order valence-corrected chi connectivity index (χ1v) is 5.83. The fraction of sp³-hybridized carbons (Fsp3) is 0.818. The van der Waals surface area contributed by atoms with Crippen molar-refractivity contribution < 1.29 is 9.59 Å². The van der Waals surface area contributed by atoms with Gasteiger partial charge in [-0.25, -0.2) is 0 Å². The molecule has 1 aliphatic carbocycles. The molecule has 0 saturated heterocycles. The van der Waals surface area contributed by atoms with Crippen LogP contribution in [0.2, 0.25) is 0 Å². The average molecular weight is 264 g/mol. The largest absolute Gasteiger partial charge is 0.354 e. The summed E-state index contributed by atoms with van der Waals surface area (Å²) in [5.41, 5.74) is 5.66. The summed E-state index contributed by atoms with van der Waals surface area (Å²) in [5.74, 6) is 0.285. The van der Waals surface area contributed by atoms with Gasteiger partial charge < -0.3 is 16.4 Å². The van der Waals surface area contributed by atoms with E-state index in [9.17, 15) is 9.59 Å². The number of hydrogen-bond donors (Lipinski definition) is 3. The van der Waals surface area contributed by atoms with E-state index in [1.54, 1.807) is 0 Å². The number of nitrogens with one attached hydrogen (secondary N) is 2. The molecule has 1 fully saturated rings. The summed E-state index contributed by atoms with van der Waals surface area (Å²) >= 11 is 0. The number of rotatable bonds is 6. The summed E-state index contributed by atoms with van der Waals surface area (Å²) in [4.78, 5) is 22.7. The second kappa shape index (κ2) is 7.50. The van der Waals surface area contributed by atoms with Gasteiger partial charge in [0.2, 0.25) is 11.8 Å². The van der Waals surface area contributed by atoms with Crippen LogP contribution in [0, 0.1) is 11.8 Å². The first kappa shape index (κ1) is 16.2. The maximum absolute atomic E-state index is 11.4. The number of halogens is 1. The van der Waals surface area contributed by atoms with Crippen molar-refractivity contribution in [2.24, 2.45) is 17.6 Å². The Morgan fingerprint density at radius 1 is 1.24 bits per heavy atom. The Labute approximate surface area is 108 Å². The van der Waals surface area contributed by atoms with Gasteiger partial charge in [-0.15, -0.1) is 12.4 Å². The molecule has 1 rings (SSSR count). The van der Waals surface area contributed by atoms with Gasteiger partial charge in [0.05, 0.1) is 6.04 Å². The number of amides is 2. The molecule has 0 aliphatic heterocycles. The van der Waals surface area contributed by atoms with Crippen LogP contribution in [0.25, 0.3) is 0 Å². The lowest BCUT2D eigenvalue weighted by Gasteiger charge is -2.15. The molecule has 1 saturated carbocycles. The lowest BCUT2D eigenvalue weighted by atomic mass is 10.1. The lowest BCUT2D eigenvalue weighted by Crippen LogP contribution is -2.46. The molecule has 0 aromatic heterocycles. The maximum Gasteiger partial charge on any atom is 0.237 e. The Kier molecular flexibility index (Phi) is 7.15. The fourth-order valence-electron chi connectivity index (χ4n) is 1.28. The first-order chi connectivity index (χ1) is 7.52. The molecule has 5 nitrogen and oxygen atoms in total. The molecule has 2 amide bonds. The number of nitrogens with two attached hydrogens (primary N) is 1. The van der Waals surface area contributed by atoms with Crippen molar-refractivity contribution in [1.29, 1.82) is 0 Å². The highest BCUT2D eigenvalue weighted by molar-refractivity contribution is 5.85. The van der Waals surface area contributed by atoms with Gasteiger partial charge in [-0.1, -0.05) is 13.8 Å². The third kappa shape index (κ3) is 5.89. The van der Waals surface area contributed by atoms with Crippen molar-refractivity contribution in [1.82, 2.24) is 10.6 Å². The third-order valence-electron chi connectivity index (χ3n) is 2.69. The molecule has 4 N–H and O–H groups in total. The van der Waals surface area contributed by atoms with Crippen LogP contribution in [-0.4, -0.2) is 30.9 Å². The monoisotopic (exact) mass is 263 g/mol. The fourth-order valence-corrected chi connectivity index (χ4v) is 1.28. The summed E-state index contributed by atoms with van der Waals surface area (Å²) in [6, 6.07) is -0.473. The van der Waals surface area contributed by atoms with E-state index < -0.39 is 6.04 Å². The summed E-state index contributed by atoms with van der Waals surface area (Å²) in [6.45, 7) is 4.72. The van der Waals surface area contributed by atoms with Crippen LogP contribution >= 0.6 is 12.4 Å². The second-order valence-corrected chi connectivity index (χ2v) is 4.63. The van der Waals surface area contributed by atoms with Crippen molar-refractivity contribution in [3.8, 4) is 0 Å². The molecule has 17 heavy (non-hydrogen) atoms. The van der Waals surface area contributed by atoms with Crippen LogP contribution < -0.4 is 16.4 Å². The Balaban J connectivity index is 0.00000256. The number of carbonyl (C=O) groups is 2. The summed E-state index contributed by atoms with van der Waals surface area (Å²) in [7, 11) is 0. The Morgan fingerprint density at radius 2 is 1.76 bits per heavy atom. The summed E-state index contributed by atoms with van der Waals surface area (Å²) in [6.07, 6.45) is 1.99. The van der Waals surface area contributed by atoms with Gasteiger partial charge in [0.25, 0.3) is 0 Å². The number of hydrogen-bond acceptors (Lipinski definition) is 3. The zero-order valence-electron chi connectivity index (χ0n) is 10.4. The Morgan fingerprint density at radius 3 is 2.24 bits per heavy atom. The molecular weight excluding hydrogens is 242 g/mol. The van der Waals surface area contributed by atoms with Crippen molar-refractivity contribution in [3.63, 3.8) is 0 Å². The minimum Gasteiger partial charge on any atom is -0.354 e. The minimum atomic E-state index is -0.473. The molecule has 0 radical (unpaired) electrons. The van der Waals surface area contributed by atoms with E-state index >= 15 is 0 Å². The maximum atomic E-state index is 11.4. The smallest absolute Gasteiger partial charge is 0.237 e. The molecular formula is C11H22ClN3O2. The minimum absolute atomic E-state index is 0. The van der Waals surface area contributed by atoms with Crippen molar-refractivity contribution >= 4 is 24.2 Å². The van der Waals surface area contributed by atoms with Gasteiger partial charge in [-0.05, 0) is 18.8 Å². The Hall–Kier alpha value is -0.810. The van der Waals surface area contributed by atoms with E-state index in [-0.39, 0.29) is 36.1 Å². The van der Waals surface area contributed by atoms with Crippen LogP contribution in [0.15, 0.2) is 0 Å². The first-order valence-electron chi connectivity index (χ1n) is 5.83. The van der Waals surface area contributed by atoms with Gasteiger partial charge in [-0.3, -0.25) is 9.59 Å². The second-order valence-electron chi connectivity index (χ2n) is 4.63. The lowest BCUT2D eigenvalue weighted by molar-refractivity contribution is -0.124. The van der Waals surface area contributed by atoms with Gasteiger partial charge in [0.1, 0.15) is 0 Å². The molecule has 0 spiro atoms. The summed E-state index contributed by atoms with van der Waals surface area (Å²) in [5, 5.41) is 5.47. The highest BCUT2D eigenvalue weighted by Crippen LogP contribution is 2.28. The molecule has 1 aliphatic rings. The zero-order valence-corrected chi connectivity index (χ0v) is 11.2. The highest BCUT2D eigenvalue weighted by atomic mass is 35.5. The molecule has 1 atom stereocenters. The van der Waals surface area contributed by atoms with Crippen molar-refractivity contribution in [2.45, 2.75) is 32.7 Å². The topological polar surface area (TPSA) is 84.2 Å².